The molecule has 4 rings (SSSR count). The molecule has 1 aromatic carbocycles. The number of ether oxygens (including phenoxy) is 4. The molecular formula is C36H48N4O8. The summed E-state index contributed by atoms with van der Waals surface area (Å²) in [6.07, 6.45) is 2.31. The van der Waals surface area contributed by atoms with E-state index in [-0.39, 0.29) is 25.4 Å². The minimum Gasteiger partial charge on any atom is -0.458 e. The zero-order valence-corrected chi connectivity index (χ0v) is 28.6. The normalized spacial score (nSPS) is 17.0. The number of likely N-dealkylation sites (N-methyl/N-ethyl adjacent to an activating group) is 2. The Bertz CT molecular complexity index is 1350. The number of rotatable bonds is 17. The van der Waals surface area contributed by atoms with E-state index in [1.54, 1.807) is 31.4 Å². The summed E-state index contributed by atoms with van der Waals surface area (Å²) >= 11 is 0. The lowest BCUT2D eigenvalue weighted by atomic mass is 10.0. The molecule has 12 heteroatoms. The first-order valence-electron chi connectivity index (χ1n) is 16.7. The summed E-state index contributed by atoms with van der Waals surface area (Å²) in [7, 11) is 3.19. The number of carbonyl (C=O) groups excluding carboxylic acids is 4. The van der Waals surface area contributed by atoms with Crippen LogP contribution >= 0.6 is 0 Å². The number of hydrogen-bond donors (Lipinski definition) is 1. The molecule has 4 atom stereocenters. The zero-order valence-electron chi connectivity index (χ0n) is 28.6. The van der Waals surface area contributed by atoms with Crippen LogP contribution in [0.2, 0.25) is 0 Å². The fourth-order valence-electron chi connectivity index (χ4n) is 5.43. The van der Waals surface area contributed by atoms with E-state index in [0.717, 1.165) is 31.7 Å². The third kappa shape index (κ3) is 10.9. The molecule has 12 nitrogen and oxygen atoms in total. The molecule has 1 saturated heterocycles. The molecule has 1 N–H and O–H groups in total. The molecule has 0 unspecified atom stereocenters. The summed E-state index contributed by atoms with van der Waals surface area (Å²) < 4.78 is 22.2. The monoisotopic (exact) mass is 664 g/mol. The van der Waals surface area contributed by atoms with Gasteiger partial charge in [-0.3, -0.25) is 9.59 Å². The van der Waals surface area contributed by atoms with E-state index >= 15 is 0 Å². The van der Waals surface area contributed by atoms with E-state index in [2.05, 4.69) is 27.3 Å². The van der Waals surface area contributed by atoms with Crippen molar-refractivity contribution in [1.82, 2.24) is 15.2 Å². The highest BCUT2D eigenvalue weighted by atomic mass is 16.6. The van der Waals surface area contributed by atoms with Crippen molar-refractivity contribution < 1.29 is 38.1 Å². The van der Waals surface area contributed by atoms with Crippen LogP contribution in [-0.2, 0) is 51.2 Å². The summed E-state index contributed by atoms with van der Waals surface area (Å²) in [6, 6.07) is 12.8. The van der Waals surface area contributed by atoms with Gasteiger partial charge in [0.25, 0.3) is 5.91 Å². The van der Waals surface area contributed by atoms with Crippen LogP contribution in [0.5, 0.6) is 0 Å². The third-order valence-corrected chi connectivity index (χ3v) is 8.51. The van der Waals surface area contributed by atoms with Crippen molar-refractivity contribution in [2.45, 2.75) is 83.8 Å². The zero-order chi connectivity index (χ0) is 34.6. The molecule has 1 amide bonds. The van der Waals surface area contributed by atoms with Crippen molar-refractivity contribution in [2.75, 3.05) is 45.3 Å². The molecule has 48 heavy (non-hydrogen) atoms. The van der Waals surface area contributed by atoms with Crippen LogP contribution in [0.3, 0.4) is 0 Å². The maximum absolute atomic E-state index is 14.1. The molecule has 0 spiro atoms. The topological polar surface area (TPSA) is 137 Å². The highest BCUT2D eigenvalue weighted by molar-refractivity contribution is 5.90. The smallest absolute Gasteiger partial charge is 0.347 e. The minimum atomic E-state index is -1.22. The number of esters is 3. The number of carbonyl (C=O) groups is 4. The number of aromatic nitrogens is 1. The number of anilines is 1. The Labute approximate surface area is 283 Å². The molecule has 1 aliphatic heterocycles. The molecule has 0 bridgehead atoms. The molecule has 1 aliphatic carbocycles. The van der Waals surface area contributed by atoms with Gasteiger partial charge in [0.1, 0.15) is 24.5 Å². The van der Waals surface area contributed by atoms with Crippen LogP contribution in [0.15, 0.2) is 36.5 Å². The van der Waals surface area contributed by atoms with Gasteiger partial charge in [-0.25, -0.2) is 14.6 Å². The average molecular weight is 665 g/mol. The summed E-state index contributed by atoms with van der Waals surface area (Å²) in [5.74, 6) is -1.31. The Balaban J connectivity index is 1.48. The predicted octanol–water partition coefficient (Wildman–Crippen LogP) is 2.91. The minimum absolute atomic E-state index is 0.00339. The van der Waals surface area contributed by atoms with Crippen molar-refractivity contribution in [2.24, 2.45) is 11.8 Å². The van der Waals surface area contributed by atoms with Gasteiger partial charge in [0.05, 0.1) is 13.2 Å². The number of morpholine rings is 1. The van der Waals surface area contributed by atoms with Gasteiger partial charge in [-0.2, -0.15) is 0 Å². The van der Waals surface area contributed by atoms with Crippen LogP contribution in [0.25, 0.3) is 0 Å². The van der Waals surface area contributed by atoms with E-state index in [9.17, 15) is 19.2 Å². The van der Waals surface area contributed by atoms with Gasteiger partial charge in [0.15, 0.2) is 12.2 Å². The maximum Gasteiger partial charge on any atom is 0.347 e. The highest BCUT2D eigenvalue weighted by Crippen LogP contribution is 2.33. The lowest BCUT2D eigenvalue weighted by molar-refractivity contribution is -0.174. The molecule has 2 heterocycles. The maximum atomic E-state index is 14.1. The standard InChI is InChI=1S/C36H48N4O8/c1-24(2)19-30(36(44)47-25(3)34(42)46-23-27-9-7-6-8-10-27)39(5)33(41)31(48-35(43)29(37-4)20-26-11-12-26)21-28-13-14-32(38-22-28)40-15-17-45-18-16-40/h7,9-10,13-14,22,24-26,29-31,37H,11-12,15-21,23H2,1-5H3/t25-,29+,30+,31-/m1/s1. The first-order chi connectivity index (χ1) is 23.0. The fraction of sp³-hybridized carbons (Fsp3) is 0.583. The quantitative estimate of drug-likeness (QED) is 0.198. The summed E-state index contributed by atoms with van der Waals surface area (Å²) in [4.78, 5) is 61.6. The number of hydrogen-bond acceptors (Lipinski definition) is 11. The van der Waals surface area contributed by atoms with Gasteiger partial charge in [-0.1, -0.05) is 44.9 Å². The SMILES string of the molecule is CN[C@@H](CC1CC1)C(=O)O[C@H](Cc1ccc(N2CCOCC2)nc1)C(=O)N(C)[C@@H](CC(C)C)C(=O)O[C@H](C)C(=O)OCc1cc#ccc1. The Morgan fingerprint density at radius 2 is 1.77 bits per heavy atom. The van der Waals surface area contributed by atoms with Gasteiger partial charge in [-0.05, 0) is 74.0 Å². The lowest BCUT2D eigenvalue weighted by Gasteiger charge is -2.32. The van der Waals surface area contributed by atoms with E-state index in [1.165, 1.54) is 18.9 Å². The van der Waals surface area contributed by atoms with Crippen molar-refractivity contribution in [3.8, 4) is 0 Å². The number of nitrogens with zero attached hydrogens (tertiary/aromatic N) is 3. The molecule has 2 aromatic rings. The second-order valence-corrected chi connectivity index (χ2v) is 12.9. The van der Waals surface area contributed by atoms with E-state index < -0.39 is 48.1 Å². The summed E-state index contributed by atoms with van der Waals surface area (Å²) in [5, 5.41) is 3.03. The van der Waals surface area contributed by atoms with Gasteiger partial charge in [0, 0.05) is 32.8 Å². The number of nitrogens with one attached hydrogen (secondary N) is 1. The fourth-order valence-corrected chi connectivity index (χ4v) is 5.43. The number of pyridine rings is 1. The molecule has 2 aliphatic rings. The first kappa shape index (κ1) is 36.6. The van der Waals surface area contributed by atoms with Crippen molar-refractivity contribution in [3.05, 3.63) is 59.8 Å². The van der Waals surface area contributed by atoms with Crippen LogP contribution in [0.4, 0.5) is 5.82 Å². The molecule has 2 fully saturated rings. The Morgan fingerprint density at radius 1 is 1.02 bits per heavy atom. The van der Waals surface area contributed by atoms with Gasteiger partial charge >= 0.3 is 17.9 Å². The molecule has 1 saturated carbocycles. The second kappa shape index (κ2) is 17.8. The van der Waals surface area contributed by atoms with Crippen LogP contribution in [0, 0.1) is 24.0 Å². The number of amides is 1. The van der Waals surface area contributed by atoms with Gasteiger partial charge in [-0.15, -0.1) is 0 Å². The van der Waals surface area contributed by atoms with Crippen LogP contribution in [0.1, 0.15) is 57.6 Å². The molecule has 260 valence electrons. The van der Waals surface area contributed by atoms with Crippen molar-refractivity contribution in [3.63, 3.8) is 0 Å². The molecular weight excluding hydrogens is 616 g/mol. The van der Waals surface area contributed by atoms with Crippen molar-refractivity contribution >= 4 is 29.6 Å². The Morgan fingerprint density at radius 3 is 2.38 bits per heavy atom. The van der Waals surface area contributed by atoms with E-state index in [4.69, 9.17) is 18.9 Å². The molecule has 1 aromatic heterocycles. The Kier molecular flexibility index (Phi) is 13.6. The van der Waals surface area contributed by atoms with E-state index in [0.29, 0.717) is 36.7 Å². The first-order valence-corrected chi connectivity index (χ1v) is 16.7. The largest absolute Gasteiger partial charge is 0.458 e. The second-order valence-electron chi connectivity index (χ2n) is 12.9. The third-order valence-electron chi connectivity index (χ3n) is 8.51. The average Bonchev–Trinajstić information content (AvgIpc) is 3.92. The van der Waals surface area contributed by atoms with Gasteiger partial charge in [0.2, 0.25) is 0 Å². The lowest BCUT2D eigenvalue weighted by Crippen LogP contribution is -2.51. The van der Waals surface area contributed by atoms with Crippen LogP contribution in [-0.4, -0.2) is 98.4 Å². The van der Waals surface area contributed by atoms with Crippen molar-refractivity contribution in [1.29, 1.82) is 0 Å². The summed E-state index contributed by atoms with van der Waals surface area (Å²) in [5.41, 5.74) is 1.41. The highest BCUT2D eigenvalue weighted by Gasteiger charge is 2.38. The molecule has 0 radical (unpaired) electrons. The predicted molar refractivity (Wildman–Crippen MR) is 177 cm³/mol. The van der Waals surface area contributed by atoms with E-state index in [1.807, 2.05) is 26.0 Å². The summed E-state index contributed by atoms with van der Waals surface area (Å²) in [6.45, 7) is 7.96. The Hall–Kier alpha value is -4.21. The van der Waals surface area contributed by atoms with Crippen LogP contribution < -0.4 is 10.2 Å². The van der Waals surface area contributed by atoms with Gasteiger partial charge < -0.3 is 34.1 Å².